The summed E-state index contributed by atoms with van der Waals surface area (Å²) in [6.45, 7) is 1.95. The summed E-state index contributed by atoms with van der Waals surface area (Å²) in [5.74, 6) is 0.243. The fraction of sp³-hybridized carbons (Fsp3) is 0.200. The van der Waals surface area contributed by atoms with Gasteiger partial charge in [-0.05, 0) is 36.8 Å². The van der Waals surface area contributed by atoms with E-state index in [4.69, 9.17) is 23.2 Å². The Morgan fingerprint density at radius 3 is 2.24 bits per heavy atom. The summed E-state index contributed by atoms with van der Waals surface area (Å²) in [4.78, 5) is 0.143. The molecule has 0 aliphatic carbocycles. The Morgan fingerprint density at radius 1 is 1.10 bits per heavy atom. The summed E-state index contributed by atoms with van der Waals surface area (Å²) < 4.78 is 26.4. The molecule has 2 aromatic carbocycles. The lowest BCUT2D eigenvalue weighted by Gasteiger charge is -2.20. The van der Waals surface area contributed by atoms with Crippen LogP contribution in [-0.4, -0.2) is 15.5 Å². The van der Waals surface area contributed by atoms with Crippen molar-refractivity contribution in [1.29, 1.82) is 0 Å². The molecule has 0 fully saturated rings. The average molecular weight is 344 g/mol. The molecule has 6 heteroatoms. The van der Waals surface area contributed by atoms with Gasteiger partial charge in [-0.1, -0.05) is 35.4 Å². The molecule has 0 N–H and O–H groups in total. The minimum absolute atomic E-state index is 0.143. The molecular weight excluding hydrogens is 329 g/mol. The van der Waals surface area contributed by atoms with Gasteiger partial charge in [0.05, 0.1) is 10.6 Å². The topological polar surface area (TPSA) is 37.4 Å². The van der Waals surface area contributed by atoms with E-state index in [9.17, 15) is 8.42 Å². The summed E-state index contributed by atoms with van der Waals surface area (Å²) in [7, 11) is -2.13. The fourth-order valence-electron chi connectivity index (χ4n) is 1.85. The smallest absolute Gasteiger partial charge is 0.264 e. The zero-order valence-electron chi connectivity index (χ0n) is 11.7. The standard InChI is InChI=1S/C15H15Cl2NO2S/c1-11-3-6-13(7-4-11)18(2)21(19,20)14-8-5-12(10-16)15(17)9-14/h3-9H,10H2,1-2H3. The van der Waals surface area contributed by atoms with Crippen molar-refractivity contribution in [3.63, 3.8) is 0 Å². The lowest BCUT2D eigenvalue weighted by molar-refractivity contribution is 0.594. The van der Waals surface area contributed by atoms with Crippen LogP contribution in [0.2, 0.25) is 5.02 Å². The molecule has 2 rings (SSSR count). The predicted octanol–water partition coefficient (Wildman–Crippen LogP) is 4.21. The third-order valence-corrected chi connectivity index (χ3v) is 5.65. The van der Waals surface area contributed by atoms with E-state index in [0.29, 0.717) is 16.3 Å². The Kier molecular flexibility index (Phi) is 4.81. The van der Waals surface area contributed by atoms with Gasteiger partial charge in [-0.3, -0.25) is 4.31 Å². The predicted molar refractivity (Wildman–Crippen MR) is 87.8 cm³/mol. The second-order valence-corrected chi connectivity index (χ2v) is 7.34. The van der Waals surface area contributed by atoms with Gasteiger partial charge in [0.2, 0.25) is 0 Å². The van der Waals surface area contributed by atoms with E-state index in [-0.39, 0.29) is 10.8 Å². The fourth-order valence-corrected chi connectivity index (χ4v) is 3.68. The molecule has 3 nitrogen and oxygen atoms in total. The second-order valence-electron chi connectivity index (χ2n) is 4.69. The van der Waals surface area contributed by atoms with Gasteiger partial charge in [-0.25, -0.2) is 8.42 Å². The first-order chi connectivity index (χ1) is 9.86. The molecule has 0 atom stereocenters. The van der Waals surface area contributed by atoms with Crippen molar-refractivity contribution in [1.82, 2.24) is 0 Å². The van der Waals surface area contributed by atoms with Crippen LogP contribution in [0.1, 0.15) is 11.1 Å². The molecule has 21 heavy (non-hydrogen) atoms. The highest BCUT2D eigenvalue weighted by Gasteiger charge is 2.22. The number of aryl methyl sites for hydroxylation is 1. The first kappa shape index (κ1) is 16.1. The van der Waals surface area contributed by atoms with Crippen molar-refractivity contribution in [3.05, 3.63) is 58.6 Å². The second kappa shape index (κ2) is 6.26. The van der Waals surface area contributed by atoms with Crippen molar-refractivity contribution in [2.24, 2.45) is 0 Å². The molecule has 0 amide bonds. The molecule has 0 radical (unpaired) electrons. The highest BCUT2D eigenvalue weighted by atomic mass is 35.5. The van der Waals surface area contributed by atoms with Crippen LogP contribution >= 0.6 is 23.2 Å². The maximum Gasteiger partial charge on any atom is 0.264 e. The molecule has 0 saturated carbocycles. The van der Waals surface area contributed by atoms with Crippen molar-refractivity contribution in [3.8, 4) is 0 Å². The molecule has 0 saturated heterocycles. The van der Waals surface area contributed by atoms with Crippen LogP contribution in [0.4, 0.5) is 5.69 Å². The Morgan fingerprint density at radius 2 is 1.71 bits per heavy atom. The van der Waals surface area contributed by atoms with Crippen molar-refractivity contribution in [2.45, 2.75) is 17.7 Å². The minimum Gasteiger partial charge on any atom is -0.269 e. The highest BCUT2D eigenvalue weighted by molar-refractivity contribution is 7.92. The molecular formula is C15H15Cl2NO2S. The monoisotopic (exact) mass is 343 g/mol. The number of rotatable bonds is 4. The van der Waals surface area contributed by atoms with Gasteiger partial charge < -0.3 is 0 Å². The van der Waals surface area contributed by atoms with E-state index in [2.05, 4.69) is 0 Å². The summed E-state index contributed by atoms with van der Waals surface area (Å²) in [6.07, 6.45) is 0. The van der Waals surface area contributed by atoms with Crippen LogP contribution in [0, 0.1) is 6.92 Å². The van der Waals surface area contributed by atoms with E-state index < -0.39 is 10.0 Å². The van der Waals surface area contributed by atoms with Crippen LogP contribution < -0.4 is 4.31 Å². The van der Waals surface area contributed by atoms with Crippen LogP contribution in [0.25, 0.3) is 0 Å². The quantitative estimate of drug-likeness (QED) is 0.779. The Balaban J connectivity index is 2.41. The number of benzene rings is 2. The summed E-state index contributed by atoms with van der Waals surface area (Å²) in [5.41, 5.74) is 2.37. The lowest BCUT2D eigenvalue weighted by atomic mass is 10.2. The third kappa shape index (κ3) is 3.34. The first-order valence-electron chi connectivity index (χ1n) is 6.26. The van der Waals surface area contributed by atoms with Gasteiger partial charge in [0, 0.05) is 18.0 Å². The van der Waals surface area contributed by atoms with Gasteiger partial charge in [0.15, 0.2) is 0 Å². The van der Waals surface area contributed by atoms with Crippen LogP contribution in [-0.2, 0) is 15.9 Å². The van der Waals surface area contributed by atoms with E-state index in [1.54, 1.807) is 18.2 Å². The van der Waals surface area contributed by atoms with Crippen LogP contribution in [0.3, 0.4) is 0 Å². The zero-order chi connectivity index (χ0) is 15.6. The number of hydrogen-bond donors (Lipinski definition) is 0. The van der Waals surface area contributed by atoms with Crippen LogP contribution in [0.15, 0.2) is 47.4 Å². The zero-order valence-corrected chi connectivity index (χ0v) is 14.0. The average Bonchev–Trinajstić information content (AvgIpc) is 2.47. The maximum absolute atomic E-state index is 12.6. The van der Waals surface area contributed by atoms with E-state index in [1.807, 2.05) is 19.1 Å². The minimum atomic E-state index is -3.65. The third-order valence-electron chi connectivity index (χ3n) is 3.22. The molecule has 0 aliphatic rings. The Labute approximate surface area is 135 Å². The van der Waals surface area contributed by atoms with Crippen molar-refractivity contribution in [2.75, 3.05) is 11.4 Å². The van der Waals surface area contributed by atoms with Crippen LogP contribution in [0.5, 0.6) is 0 Å². The van der Waals surface area contributed by atoms with Gasteiger partial charge in [-0.15, -0.1) is 11.6 Å². The first-order valence-corrected chi connectivity index (χ1v) is 8.61. The largest absolute Gasteiger partial charge is 0.269 e. The number of halogens is 2. The molecule has 0 aromatic heterocycles. The highest BCUT2D eigenvalue weighted by Crippen LogP contribution is 2.26. The number of sulfonamides is 1. The molecule has 0 spiro atoms. The van der Waals surface area contributed by atoms with E-state index in [0.717, 1.165) is 5.56 Å². The molecule has 112 valence electrons. The van der Waals surface area contributed by atoms with E-state index in [1.165, 1.54) is 23.5 Å². The van der Waals surface area contributed by atoms with Gasteiger partial charge in [0.25, 0.3) is 10.0 Å². The molecule has 0 unspecified atom stereocenters. The summed E-state index contributed by atoms with van der Waals surface area (Å²) in [6, 6.07) is 11.8. The number of alkyl halides is 1. The number of hydrogen-bond acceptors (Lipinski definition) is 2. The number of nitrogens with zero attached hydrogens (tertiary/aromatic N) is 1. The molecule has 0 bridgehead atoms. The van der Waals surface area contributed by atoms with Gasteiger partial charge in [-0.2, -0.15) is 0 Å². The van der Waals surface area contributed by atoms with E-state index >= 15 is 0 Å². The Bertz CT molecular complexity index is 743. The van der Waals surface area contributed by atoms with Crippen molar-refractivity contribution >= 4 is 38.9 Å². The van der Waals surface area contributed by atoms with Gasteiger partial charge in [0.1, 0.15) is 0 Å². The molecule has 0 aliphatic heterocycles. The van der Waals surface area contributed by atoms with Gasteiger partial charge >= 0.3 is 0 Å². The van der Waals surface area contributed by atoms with Crippen molar-refractivity contribution < 1.29 is 8.42 Å². The summed E-state index contributed by atoms with van der Waals surface area (Å²) in [5, 5.41) is 0.350. The maximum atomic E-state index is 12.6. The molecule has 2 aromatic rings. The summed E-state index contributed by atoms with van der Waals surface area (Å²) >= 11 is 11.8. The Hall–Kier alpha value is -1.23. The normalized spacial score (nSPS) is 11.4. The SMILES string of the molecule is Cc1ccc(N(C)S(=O)(=O)c2ccc(CCl)c(Cl)c2)cc1. The molecule has 0 heterocycles. The number of anilines is 1. The lowest BCUT2D eigenvalue weighted by Crippen LogP contribution is -2.26.